The second kappa shape index (κ2) is 15.0. The maximum absolute atomic E-state index is 6.41. The number of rotatable bonds is 6. The lowest BCUT2D eigenvalue weighted by molar-refractivity contribution is 0.487. The van der Waals surface area contributed by atoms with Crippen molar-refractivity contribution in [1.82, 2.24) is 9.97 Å². The molecule has 3 nitrogen and oxygen atoms in total. The van der Waals surface area contributed by atoms with Crippen LogP contribution in [0.5, 0.6) is 11.5 Å². The average Bonchev–Trinajstić information content (AvgIpc) is 3.38. The number of ether oxygens (including phenoxy) is 1. The van der Waals surface area contributed by atoms with E-state index in [0.717, 1.165) is 72.8 Å². The molecule has 3 heteroatoms. The topological polar surface area (TPSA) is 35.0 Å². The Hall–Kier alpha value is -8.66. The number of hydrogen-bond acceptors (Lipinski definition) is 3. The zero-order valence-corrected chi connectivity index (χ0v) is 35.2. The first-order chi connectivity index (χ1) is 32.2. The third kappa shape index (κ3) is 6.28. The molecule has 0 amide bonds. The lowest BCUT2D eigenvalue weighted by Gasteiger charge is -2.22. The molecule has 0 radical (unpaired) electrons. The Kier molecular flexibility index (Phi) is 8.53. The molecule has 302 valence electrons. The Morgan fingerprint density at radius 1 is 0.277 bits per heavy atom. The molecular weight excluding hydrogens is 789 g/mol. The highest BCUT2D eigenvalue weighted by Gasteiger charge is 2.21. The highest BCUT2D eigenvalue weighted by molar-refractivity contribution is 6.20. The van der Waals surface area contributed by atoms with E-state index in [1.807, 2.05) is 0 Å². The first kappa shape index (κ1) is 36.9. The van der Waals surface area contributed by atoms with Crippen molar-refractivity contribution in [2.24, 2.45) is 0 Å². The molecule has 1 aromatic heterocycles. The van der Waals surface area contributed by atoms with E-state index in [0.29, 0.717) is 5.82 Å². The fourth-order valence-electron chi connectivity index (χ4n) is 9.93. The van der Waals surface area contributed by atoms with Gasteiger partial charge in [0.25, 0.3) is 0 Å². The van der Waals surface area contributed by atoms with Crippen LogP contribution in [0.3, 0.4) is 0 Å². The Morgan fingerprint density at radius 3 is 1.66 bits per heavy atom. The van der Waals surface area contributed by atoms with Crippen molar-refractivity contribution in [2.75, 3.05) is 0 Å². The van der Waals surface area contributed by atoms with E-state index < -0.39 is 0 Å². The van der Waals surface area contributed by atoms with Gasteiger partial charge in [-0.05, 0) is 107 Å². The second-order valence-electron chi connectivity index (χ2n) is 16.9. The molecule has 0 fully saturated rings. The largest absolute Gasteiger partial charge is 0.456 e. The summed E-state index contributed by atoms with van der Waals surface area (Å²) in [6, 6.07) is 82.2. The van der Waals surface area contributed by atoms with Gasteiger partial charge in [0.15, 0.2) is 5.82 Å². The van der Waals surface area contributed by atoms with Crippen LogP contribution in [0, 0.1) is 0 Å². The fraction of sp³-hybridized carbons (Fsp3) is 0. The van der Waals surface area contributed by atoms with Crippen molar-refractivity contribution < 1.29 is 4.74 Å². The van der Waals surface area contributed by atoms with Crippen molar-refractivity contribution >= 4 is 43.1 Å². The molecule has 11 aromatic carbocycles. The van der Waals surface area contributed by atoms with E-state index in [2.05, 4.69) is 231 Å². The number of fused-ring (bicyclic) bond motifs is 6. The van der Waals surface area contributed by atoms with E-state index >= 15 is 0 Å². The fourth-order valence-corrected chi connectivity index (χ4v) is 9.93. The van der Waals surface area contributed by atoms with Gasteiger partial charge in [-0.3, -0.25) is 0 Å². The number of nitrogens with zero attached hydrogens (tertiary/aromatic N) is 2. The van der Waals surface area contributed by atoms with E-state index in [4.69, 9.17) is 14.7 Å². The summed E-state index contributed by atoms with van der Waals surface area (Å²) in [7, 11) is 0. The van der Waals surface area contributed by atoms with Gasteiger partial charge in [-0.15, -0.1) is 0 Å². The van der Waals surface area contributed by atoms with Crippen LogP contribution in [0.25, 0.3) is 122 Å². The molecule has 0 atom stereocenters. The van der Waals surface area contributed by atoms with Crippen molar-refractivity contribution in [3.8, 4) is 89.9 Å². The van der Waals surface area contributed by atoms with Gasteiger partial charge in [0.05, 0.1) is 11.4 Å². The van der Waals surface area contributed by atoms with Crippen molar-refractivity contribution in [3.05, 3.63) is 231 Å². The molecule has 65 heavy (non-hydrogen) atoms. The zero-order valence-electron chi connectivity index (χ0n) is 35.2. The molecule has 0 unspecified atom stereocenters. The minimum absolute atomic E-state index is 0.682. The van der Waals surface area contributed by atoms with Gasteiger partial charge in [0.2, 0.25) is 0 Å². The molecule has 0 spiro atoms. The predicted molar refractivity (Wildman–Crippen MR) is 270 cm³/mol. The quantitative estimate of drug-likeness (QED) is 0.124. The Balaban J connectivity index is 0.921. The number of hydrogen-bond donors (Lipinski definition) is 0. The molecule has 13 rings (SSSR count). The first-order valence-corrected chi connectivity index (χ1v) is 22.1. The molecule has 1 aliphatic rings. The molecular formula is C62H38N2O. The Labute approximate surface area is 376 Å². The third-order valence-electron chi connectivity index (χ3n) is 13.1. The van der Waals surface area contributed by atoms with Gasteiger partial charge >= 0.3 is 0 Å². The van der Waals surface area contributed by atoms with Gasteiger partial charge in [-0.25, -0.2) is 9.97 Å². The van der Waals surface area contributed by atoms with Crippen LogP contribution in [0.4, 0.5) is 0 Å². The summed E-state index contributed by atoms with van der Waals surface area (Å²) in [6.45, 7) is 0. The van der Waals surface area contributed by atoms with Gasteiger partial charge in [-0.1, -0.05) is 200 Å². The monoisotopic (exact) mass is 826 g/mol. The van der Waals surface area contributed by atoms with Gasteiger partial charge in [-0.2, -0.15) is 0 Å². The van der Waals surface area contributed by atoms with Crippen LogP contribution < -0.4 is 4.74 Å². The highest BCUT2D eigenvalue weighted by Crippen LogP contribution is 2.48. The second-order valence-corrected chi connectivity index (χ2v) is 16.9. The molecule has 0 saturated carbocycles. The van der Waals surface area contributed by atoms with E-state index in [-0.39, 0.29) is 0 Å². The van der Waals surface area contributed by atoms with Crippen LogP contribution in [-0.2, 0) is 0 Å². The number of aromatic nitrogens is 2. The minimum atomic E-state index is 0.682. The van der Waals surface area contributed by atoms with E-state index in [1.54, 1.807) is 0 Å². The molecule has 0 N–H and O–H groups in total. The summed E-state index contributed by atoms with van der Waals surface area (Å²) in [5, 5.41) is 9.82. The van der Waals surface area contributed by atoms with Gasteiger partial charge in [0, 0.05) is 27.6 Å². The van der Waals surface area contributed by atoms with Crippen LogP contribution in [0.1, 0.15) is 0 Å². The van der Waals surface area contributed by atoms with E-state index in [9.17, 15) is 0 Å². The lowest BCUT2D eigenvalue weighted by atomic mass is 9.89. The predicted octanol–water partition coefficient (Wildman–Crippen LogP) is 16.9. The zero-order chi connectivity index (χ0) is 42.8. The van der Waals surface area contributed by atoms with Gasteiger partial charge in [0.1, 0.15) is 11.5 Å². The average molecular weight is 827 g/mol. The van der Waals surface area contributed by atoms with Crippen molar-refractivity contribution in [1.29, 1.82) is 0 Å². The lowest BCUT2D eigenvalue weighted by Crippen LogP contribution is -1.98. The maximum atomic E-state index is 6.41. The molecule has 12 aromatic rings. The molecule has 1 aliphatic heterocycles. The minimum Gasteiger partial charge on any atom is -0.456 e. The molecule has 0 saturated heterocycles. The summed E-state index contributed by atoms with van der Waals surface area (Å²) >= 11 is 0. The van der Waals surface area contributed by atoms with Crippen LogP contribution in [0.15, 0.2) is 231 Å². The molecule has 0 aliphatic carbocycles. The summed E-state index contributed by atoms with van der Waals surface area (Å²) in [6.07, 6.45) is 0. The van der Waals surface area contributed by atoms with Crippen molar-refractivity contribution in [3.63, 3.8) is 0 Å². The summed E-state index contributed by atoms with van der Waals surface area (Å²) in [5.41, 5.74) is 13.9. The van der Waals surface area contributed by atoms with Crippen LogP contribution >= 0.6 is 0 Å². The van der Waals surface area contributed by atoms with Gasteiger partial charge < -0.3 is 4.74 Å². The van der Waals surface area contributed by atoms with Crippen LogP contribution in [-0.4, -0.2) is 9.97 Å². The maximum Gasteiger partial charge on any atom is 0.161 e. The Bertz CT molecular complexity index is 3830. The summed E-state index contributed by atoms with van der Waals surface area (Å²) in [4.78, 5) is 10.7. The highest BCUT2D eigenvalue weighted by atomic mass is 16.5. The summed E-state index contributed by atoms with van der Waals surface area (Å²) in [5.74, 6) is 2.46. The summed E-state index contributed by atoms with van der Waals surface area (Å²) < 4.78 is 6.41. The van der Waals surface area contributed by atoms with Crippen LogP contribution in [0.2, 0.25) is 0 Å². The van der Waals surface area contributed by atoms with E-state index in [1.165, 1.54) is 54.4 Å². The number of benzene rings is 11. The van der Waals surface area contributed by atoms with Crippen molar-refractivity contribution in [2.45, 2.75) is 0 Å². The Morgan fingerprint density at radius 2 is 0.877 bits per heavy atom. The third-order valence-corrected chi connectivity index (χ3v) is 13.1. The first-order valence-electron chi connectivity index (χ1n) is 22.1. The molecule has 0 bridgehead atoms. The smallest absolute Gasteiger partial charge is 0.161 e. The molecule has 2 heterocycles. The SMILES string of the molecule is c1ccc(-c2ccccc2-c2nc(-c3ccc(-c4ccc5c(c4)-c4cccc6cccc(c46)O5)cc3)cc(-c3ccc(-c4c5ccccc5cc5c4ccc4ccccc45)cc3)n2)cc1. The standard InChI is InChI=1S/C62H38N2O/c1-2-12-40(13-3-1)48-18-8-9-21-53(48)62-63-56(42-26-24-39(25-27-42)46-33-35-58-55(36-46)51-22-10-16-44-17-11-23-59(65-58)61(44)51)38-57(64-62)43-28-30-45(31-29-43)60-50-20-7-5-15-47(50)37-54-49-19-6-4-14-41(49)32-34-52(54)60/h1-38H. The normalized spacial score (nSPS) is 11.8.